The van der Waals surface area contributed by atoms with Gasteiger partial charge in [0.1, 0.15) is 17.9 Å². The van der Waals surface area contributed by atoms with Crippen molar-refractivity contribution >= 4 is 11.9 Å². The van der Waals surface area contributed by atoms with Crippen LogP contribution >= 0.6 is 0 Å². The van der Waals surface area contributed by atoms with Crippen molar-refractivity contribution in [2.45, 2.75) is 0 Å². The third kappa shape index (κ3) is 7.21. The number of nitrogens with zero attached hydrogens (tertiary/aromatic N) is 3. The smallest absolute Gasteiger partial charge is 0.324 e. The molecule has 0 spiro atoms. The quantitative estimate of drug-likeness (QED) is 0.154. The van der Waals surface area contributed by atoms with E-state index in [-0.39, 0.29) is 35.2 Å². The number of furan rings is 1. The second-order valence-electron chi connectivity index (χ2n) is 9.34. The van der Waals surface area contributed by atoms with Gasteiger partial charge in [0.25, 0.3) is 0 Å². The third-order valence-corrected chi connectivity index (χ3v) is 5.48. The first-order valence-corrected chi connectivity index (χ1v) is 11.6. The van der Waals surface area contributed by atoms with Crippen LogP contribution in [0.15, 0.2) is 58.2 Å². The van der Waals surface area contributed by atoms with E-state index in [1.807, 2.05) is 21.1 Å². The second kappa shape index (κ2) is 13.0. The van der Waals surface area contributed by atoms with Gasteiger partial charge in [-0.3, -0.25) is 15.5 Å². The molecule has 0 aliphatic carbocycles. The Bertz CT molecular complexity index is 1360. The normalized spacial score (nSPS) is 11.1. The van der Waals surface area contributed by atoms with E-state index in [0.717, 1.165) is 0 Å². The lowest BCUT2D eigenvalue weighted by Crippen LogP contribution is -3.00. The summed E-state index contributed by atoms with van der Waals surface area (Å²) in [5.41, 5.74) is 4.49. The fraction of sp³-hybridized carbons (Fsp3) is 0.296. The molecule has 1 heterocycles. The number of methoxy groups -OCH3 is 4. The average Bonchev–Trinajstić information content (AvgIpc) is 3.26. The summed E-state index contributed by atoms with van der Waals surface area (Å²) < 4.78 is 28.3. The highest BCUT2D eigenvalue weighted by atomic mass is 35.5. The molecule has 210 valence electrons. The molecule has 0 atom stereocenters. The molecule has 12 heteroatoms. The summed E-state index contributed by atoms with van der Waals surface area (Å²) in [5.74, 6) is 2.04. The maximum absolute atomic E-state index is 12.4. The fourth-order valence-corrected chi connectivity index (χ4v) is 3.94. The van der Waals surface area contributed by atoms with Gasteiger partial charge in [-0.25, -0.2) is 0 Å². The highest BCUT2D eigenvalue weighted by molar-refractivity contribution is 5.96. The van der Waals surface area contributed by atoms with E-state index in [9.17, 15) is 10.1 Å². The number of quaternary nitrogens is 1. The van der Waals surface area contributed by atoms with E-state index >= 15 is 0 Å². The largest absolute Gasteiger partial charge is 1.00 e. The standard InChI is InChI=1S/C27H33N4O7.ClH/c1-17(16-31(2,3)4)29-28-15-24-26(30(32)33)25(18-9-11-20(34-5)22(13-18)36-7)27(38-24)19-10-12-21(35-6)23(14-19)37-8;/h9-15,29H,1,16H2,2-8H3;1H/q+1;/p-1/b28-15+;. The number of hydrogen-bond donors (Lipinski definition) is 1. The van der Waals surface area contributed by atoms with Crippen molar-refractivity contribution < 1.29 is 45.2 Å². The van der Waals surface area contributed by atoms with E-state index in [1.54, 1.807) is 36.4 Å². The molecule has 1 aromatic heterocycles. The average molecular weight is 561 g/mol. The van der Waals surface area contributed by atoms with Crippen LogP contribution in [0, 0.1) is 10.1 Å². The molecule has 0 amide bonds. The molecule has 0 aliphatic rings. The van der Waals surface area contributed by atoms with Crippen molar-refractivity contribution in [3.63, 3.8) is 0 Å². The van der Waals surface area contributed by atoms with E-state index < -0.39 is 4.92 Å². The van der Waals surface area contributed by atoms with Crippen molar-refractivity contribution in [3.8, 4) is 45.4 Å². The number of hydrogen-bond acceptors (Lipinski definition) is 9. The van der Waals surface area contributed by atoms with Gasteiger partial charge in [-0.05, 0) is 35.9 Å². The predicted octanol–water partition coefficient (Wildman–Crippen LogP) is 1.70. The van der Waals surface area contributed by atoms with E-state index in [0.29, 0.717) is 50.8 Å². The first-order chi connectivity index (χ1) is 18.0. The summed E-state index contributed by atoms with van der Waals surface area (Å²) in [4.78, 5) is 11.9. The van der Waals surface area contributed by atoms with Crippen LogP contribution in [0.4, 0.5) is 5.69 Å². The van der Waals surface area contributed by atoms with Gasteiger partial charge in [0.2, 0.25) is 5.76 Å². The van der Waals surface area contributed by atoms with Crippen LogP contribution in [0.3, 0.4) is 0 Å². The Balaban J connectivity index is 0.00000533. The van der Waals surface area contributed by atoms with Crippen LogP contribution in [-0.4, -0.2) is 71.7 Å². The van der Waals surface area contributed by atoms with Gasteiger partial charge >= 0.3 is 5.69 Å². The van der Waals surface area contributed by atoms with Gasteiger partial charge in [0, 0.05) is 5.56 Å². The molecule has 0 bridgehead atoms. The molecule has 1 N–H and O–H groups in total. The molecule has 0 saturated heterocycles. The minimum absolute atomic E-state index is 0. The number of likely N-dealkylation sites (N-methyl/N-ethyl adjacent to an activating group) is 1. The summed E-state index contributed by atoms with van der Waals surface area (Å²) in [7, 11) is 12.1. The molecule has 0 unspecified atom stereocenters. The number of benzene rings is 2. The van der Waals surface area contributed by atoms with Crippen LogP contribution in [0.1, 0.15) is 5.76 Å². The van der Waals surface area contributed by atoms with Gasteiger partial charge in [-0.2, -0.15) is 5.10 Å². The van der Waals surface area contributed by atoms with Crippen LogP contribution in [0.2, 0.25) is 0 Å². The van der Waals surface area contributed by atoms with Gasteiger partial charge in [-0.1, -0.05) is 12.6 Å². The molecule has 39 heavy (non-hydrogen) atoms. The number of rotatable bonds is 12. The molecule has 3 rings (SSSR count). The molecule has 3 aromatic rings. The Hall–Kier alpha value is -4.22. The molecule has 0 saturated carbocycles. The Kier molecular flexibility index (Phi) is 10.4. The monoisotopic (exact) mass is 560 g/mol. The lowest BCUT2D eigenvalue weighted by Gasteiger charge is -2.24. The summed E-state index contributed by atoms with van der Waals surface area (Å²) in [6.07, 6.45) is 1.27. The van der Waals surface area contributed by atoms with Gasteiger partial charge in [0.05, 0.1) is 66.4 Å². The van der Waals surface area contributed by atoms with E-state index in [2.05, 4.69) is 17.1 Å². The summed E-state index contributed by atoms with van der Waals surface area (Å²) in [6, 6.07) is 10.2. The number of nitro groups is 1. The summed E-state index contributed by atoms with van der Waals surface area (Å²) in [5, 5.41) is 16.5. The Morgan fingerprint density at radius 3 is 1.97 bits per heavy atom. The minimum Gasteiger partial charge on any atom is -1.00 e. The maximum atomic E-state index is 12.4. The van der Waals surface area contributed by atoms with Crippen molar-refractivity contribution in [3.05, 3.63) is 64.5 Å². The Morgan fingerprint density at radius 2 is 1.49 bits per heavy atom. The molecular weight excluding hydrogens is 528 g/mol. The zero-order valence-electron chi connectivity index (χ0n) is 23.0. The first kappa shape index (κ1) is 31.0. The van der Waals surface area contributed by atoms with Crippen molar-refractivity contribution in [2.75, 3.05) is 56.1 Å². The SMILES string of the molecule is C=C(C[N+](C)(C)C)N/N=C/c1oc(-c2ccc(OC)c(OC)c2)c(-c2ccc(OC)c(OC)c2)c1[N+](=O)[O-].[Cl-]. The number of hydrazone groups is 1. The van der Waals surface area contributed by atoms with E-state index in [4.69, 9.17) is 23.4 Å². The zero-order chi connectivity index (χ0) is 28.0. The number of halogens is 1. The third-order valence-electron chi connectivity index (χ3n) is 5.48. The van der Waals surface area contributed by atoms with Crippen LogP contribution in [0.5, 0.6) is 23.0 Å². The minimum atomic E-state index is -0.498. The molecule has 2 aromatic carbocycles. The number of ether oxygens (including phenoxy) is 4. The van der Waals surface area contributed by atoms with Gasteiger partial charge < -0.3 is 40.3 Å². The molecule has 0 radical (unpaired) electrons. The molecule has 11 nitrogen and oxygen atoms in total. The highest BCUT2D eigenvalue weighted by Crippen LogP contribution is 2.46. The number of nitrogens with one attached hydrogen (secondary N) is 1. The van der Waals surface area contributed by atoms with Crippen molar-refractivity contribution in [1.29, 1.82) is 0 Å². The molecule has 0 aliphatic heterocycles. The lowest BCUT2D eigenvalue weighted by molar-refractivity contribution is -0.865. The second-order valence-corrected chi connectivity index (χ2v) is 9.34. The van der Waals surface area contributed by atoms with Crippen LogP contribution in [-0.2, 0) is 0 Å². The fourth-order valence-electron chi connectivity index (χ4n) is 3.94. The maximum Gasteiger partial charge on any atom is 0.324 e. The van der Waals surface area contributed by atoms with Crippen molar-refractivity contribution in [2.24, 2.45) is 5.10 Å². The van der Waals surface area contributed by atoms with Gasteiger partial charge in [-0.15, -0.1) is 0 Å². The van der Waals surface area contributed by atoms with Crippen molar-refractivity contribution in [1.82, 2.24) is 5.43 Å². The van der Waals surface area contributed by atoms with Crippen LogP contribution in [0.25, 0.3) is 22.5 Å². The molecular formula is C27H33ClN4O7. The Morgan fingerprint density at radius 1 is 0.974 bits per heavy atom. The highest BCUT2D eigenvalue weighted by Gasteiger charge is 2.32. The van der Waals surface area contributed by atoms with Crippen LogP contribution < -0.4 is 36.8 Å². The predicted molar refractivity (Wildman–Crippen MR) is 145 cm³/mol. The van der Waals surface area contributed by atoms with Gasteiger partial charge in [0.15, 0.2) is 23.0 Å². The van der Waals surface area contributed by atoms with E-state index in [1.165, 1.54) is 34.7 Å². The summed E-state index contributed by atoms with van der Waals surface area (Å²) in [6.45, 7) is 4.56. The Labute approximate surface area is 233 Å². The zero-order valence-corrected chi connectivity index (χ0v) is 23.8. The molecule has 0 fully saturated rings. The summed E-state index contributed by atoms with van der Waals surface area (Å²) >= 11 is 0. The topological polar surface area (TPSA) is 118 Å². The first-order valence-electron chi connectivity index (χ1n) is 11.6. The lowest BCUT2D eigenvalue weighted by atomic mass is 9.99.